The molecular weight excluding hydrogens is 1020 g/mol. The largest absolute Gasteiger partial charge is 0.486 e. The molecule has 4 aromatic carbocycles. The van der Waals surface area contributed by atoms with Crippen molar-refractivity contribution in [2.75, 3.05) is 0 Å². The van der Waals surface area contributed by atoms with Gasteiger partial charge in [0.15, 0.2) is 0 Å². The third-order valence-electron chi connectivity index (χ3n) is 13.1. The van der Waals surface area contributed by atoms with E-state index in [1.165, 1.54) is 40.1 Å². The van der Waals surface area contributed by atoms with Gasteiger partial charge in [0, 0.05) is 55.9 Å². The fourth-order valence-corrected chi connectivity index (χ4v) is 9.04. The second-order valence-electron chi connectivity index (χ2n) is 21.3. The predicted molar refractivity (Wildman–Crippen MR) is 290 cm³/mol. The number of aryl methyl sites for hydroxylation is 3. The van der Waals surface area contributed by atoms with Gasteiger partial charge in [-0.05, 0) is 145 Å². The molecule has 0 unspecified atom stereocenters. The van der Waals surface area contributed by atoms with Crippen molar-refractivity contribution < 1.29 is 36.9 Å². The van der Waals surface area contributed by atoms with Crippen molar-refractivity contribution in [3.8, 4) is 44.8 Å². The van der Waals surface area contributed by atoms with Crippen LogP contribution in [0, 0.1) is 32.7 Å². The van der Waals surface area contributed by atoms with Crippen molar-refractivity contribution in [3.05, 3.63) is 159 Å². The standard InChI is InChI=1S/C33H35N2O.C31H40N.Ir/c1-18(2)23-14-27(19(3)4)31(28(15-23)20(5)6)29-16-30(34-17-21(29)7)26-11-9-10-24-25-13-12-22(8)35-33(25)36-32(24)26;1-19(2)24-16-26(20(3)4)30(27(17-24)21(5)6)28-15-23(12-11-22(28)7)29-18-25(13-14-32-29)31(8,9)10;/h9-10,12-20H,1-8H3;11,13-21H,1-10H3;/q2*-1;/i7D3,8D3;7D3;. The monoisotopic (exact) mass is 1100 g/mol. The Morgan fingerprint density at radius 3 is 1.64 bits per heavy atom. The molecule has 69 heavy (non-hydrogen) atoms. The van der Waals surface area contributed by atoms with Crippen LogP contribution in [0.4, 0.5) is 0 Å². The maximum Gasteiger partial charge on any atom is 0.216 e. The van der Waals surface area contributed by atoms with E-state index in [0.29, 0.717) is 45.2 Å². The minimum absolute atomic E-state index is 0. The number of benzene rings is 4. The summed E-state index contributed by atoms with van der Waals surface area (Å²) in [7, 11) is 0. The summed E-state index contributed by atoms with van der Waals surface area (Å²) in [6.07, 6.45) is 3.28. The van der Waals surface area contributed by atoms with E-state index in [1.807, 2.05) is 30.5 Å². The van der Waals surface area contributed by atoms with E-state index < -0.39 is 20.6 Å². The van der Waals surface area contributed by atoms with E-state index in [4.69, 9.17) is 16.8 Å². The van der Waals surface area contributed by atoms with Gasteiger partial charge in [-0.25, -0.2) is 4.98 Å². The Morgan fingerprint density at radius 1 is 0.565 bits per heavy atom. The smallest absolute Gasteiger partial charge is 0.216 e. The van der Waals surface area contributed by atoms with Gasteiger partial charge in [0.2, 0.25) is 5.71 Å². The van der Waals surface area contributed by atoms with E-state index in [1.54, 1.807) is 18.2 Å². The second kappa shape index (κ2) is 21.4. The van der Waals surface area contributed by atoms with Gasteiger partial charge < -0.3 is 14.4 Å². The average molecular weight is 1100 g/mol. The van der Waals surface area contributed by atoms with E-state index in [2.05, 4.69) is 161 Å². The van der Waals surface area contributed by atoms with E-state index in [0.717, 1.165) is 44.5 Å². The molecule has 8 aromatic rings. The number of rotatable bonds is 10. The average Bonchev–Trinajstić information content (AvgIpc) is 3.86. The maximum atomic E-state index is 8.39. The molecule has 0 bridgehead atoms. The van der Waals surface area contributed by atoms with Crippen LogP contribution >= 0.6 is 0 Å². The fraction of sp³-hybridized carbons (Fsp3) is 0.391. The third kappa shape index (κ3) is 11.2. The quantitative estimate of drug-likeness (QED) is 0.128. The molecule has 0 amide bonds. The van der Waals surface area contributed by atoms with Crippen molar-refractivity contribution in [2.24, 2.45) is 0 Å². The summed E-state index contributed by atoms with van der Waals surface area (Å²) in [4.78, 5) is 13.5. The molecule has 0 saturated heterocycles. The molecule has 0 atom stereocenters. The molecule has 0 aliphatic heterocycles. The van der Waals surface area contributed by atoms with Crippen LogP contribution in [0.3, 0.4) is 0 Å². The van der Waals surface area contributed by atoms with Crippen molar-refractivity contribution in [1.82, 2.24) is 15.0 Å². The molecule has 0 saturated carbocycles. The SMILES string of the molecule is [2H]C([2H])([2H])c1c[c-]c(-c2cc(C(C)(C)C)ccn2)cc1-c1c(C(C)C)cc(C(C)C)cc1C(C)C.[2H]C([2H])([2H])c1ccc2c(n1)oc1c(-c3cc(-c4c(C(C)C)cc(C(C)C)cc4C(C)C)c(C([2H])([2H])[2H])cn3)[c-]ccc12.[Ir]. The van der Waals surface area contributed by atoms with Crippen LogP contribution in [-0.2, 0) is 25.5 Å². The van der Waals surface area contributed by atoms with Crippen LogP contribution in [0.2, 0.25) is 0 Å². The number of hydrogen-bond donors (Lipinski definition) is 0. The van der Waals surface area contributed by atoms with Gasteiger partial charge in [0.1, 0.15) is 0 Å². The van der Waals surface area contributed by atoms with Gasteiger partial charge in [-0.15, -0.1) is 47.5 Å². The first-order valence-electron chi connectivity index (χ1n) is 28.8. The van der Waals surface area contributed by atoms with E-state index >= 15 is 0 Å². The van der Waals surface area contributed by atoms with Crippen molar-refractivity contribution >= 4 is 22.1 Å². The van der Waals surface area contributed by atoms with Gasteiger partial charge >= 0.3 is 0 Å². The molecule has 4 nitrogen and oxygen atoms in total. The summed E-state index contributed by atoms with van der Waals surface area (Å²) in [5.41, 5.74) is 15.5. The zero-order chi connectivity index (χ0) is 57.0. The summed E-state index contributed by atoms with van der Waals surface area (Å²) in [6, 6.07) is 31.9. The molecular formula is C64H75IrN3O-2. The number of fused-ring (bicyclic) bond motifs is 3. The first kappa shape index (κ1) is 41.6. The fourth-order valence-electron chi connectivity index (χ4n) is 9.04. The summed E-state index contributed by atoms with van der Waals surface area (Å²) in [5, 5.41) is 1.43. The maximum absolute atomic E-state index is 8.39. The van der Waals surface area contributed by atoms with Crippen molar-refractivity contribution in [2.45, 2.75) is 165 Å². The Morgan fingerprint density at radius 2 is 1.13 bits per heavy atom. The number of nitrogens with zero attached hydrogens (tertiary/aromatic N) is 3. The van der Waals surface area contributed by atoms with Crippen LogP contribution in [0.25, 0.3) is 66.8 Å². The Hall–Kier alpha value is -5.22. The molecule has 0 aliphatic carbocycles. The Kier molecular flexibility index (Phi) is 12.9. The third-order valence-corrected chi connectivity index (χ3v) is 13.1. The first-order chi connectivity index (χ1) is 35.7. The number of aromatic nitrogens is 3. The molecule has 363 valence electrons. The molecule has 4 heterocycles. The molecule has 5 heteroatoms. The van der Waals surface area contributed by atoms with Crippen LogP contribution in [0.15, 0.2) is 95.7 Å². The Bertz CT molecular complexity index is 3390. The summed E-state index contributed by atoms with van der Waals surface area (Å²) in [5.74, 6) is 1.53. The van der Waals surface area contributed by atoms with Gasteiger partial charge in [0.05, 0.1) is 5.58 Å². The van der Waals surface area contributed by atoms with Gasteiger partial charge in [-0.2, -0.15) is 0 Å². The molecule has 8 rings (SSSR count). The van der Waals surface area contributed by atoms with Gasteiger partial charge in [-0.3, -0.25) is 0 Å². The van der Waals surface area contributed by atoms with Crippen LogP contribution in [0.1, 0.15) is 207 Å². The molecule has 0 fully saturated rings. The summed E-state index contributed by atoms with van der Waals surface area (Å²) < 4.78 is 79.5. The van der Waals surface area contributed by atoms with E-state index in [-0.39, 0.29) is 66.2 Å². The summed E-state index contributed by atoms with van der Waals surface area (Å²) in [6.45, 7) is 25.6. The summed E-state index contributed by atoms with van der Waals surface area (Å²) >= 11 is 0. The number of furan rings is 1. The van der Waals surface area contributed by atoms with Crippen LogP contribution in [0.5, 0.6) is 0 Å². The van der Waals surface area contributed by atoms with Crippen molar-refractivity contribution in [1.29, 1.82) is 0 Å². The molecule has 1 radical (unpaired) electrons. The number of pyridine rings is 3. The molecule has 0 aliphatic rings. The molecule has 0 spiro atoms. The zero-order valence-corrected chi connectivity index (χ0v) is 45.6. The topological polar surface area (TPSA) is 51.8 Å². The Labute approximate surface area is 441 Å². The van der Waals surface area contributed by atoms with Crippen LogP contribution in [-0.4, -0.2) is 15.0 Å². The minimum Gasteiger partial charge on any atom is -0.486 e. The van der Waals surface area contributed by atoms with Gasteiger partial charge in [-0.1, -0.05) is 164 Å². The van der Waals surface area contributed by atoms with Crippen molar-refractivity contribution in [3.63, 3.8) is 0 Å². The van der Waals surface area contributed by atoms with Crippen LogP contribution < -0.4 is 0 Å². The first-order valence-corrected chi connectivity index (χ1v) is 24.3. The van der Waals surface area contributed by atoms with E-state index in [9.17, 15) is 0 Å². The normalized spacial score (nSPS) is 14.5. The number of hydrogen-bond acceptors (Lipinski definition) is 4. The zero-order valence-electron chi connectivity index (χ0n) is 52.2. The molecule has 4 aromatic heterocycles. The minimum atomic E-state index is -2.38. The predicted octanol–water partition coefficient (Wildman–Crippen LogP) is 18.7. The second-order valence-corrected chi connectivity index (χ2v) is 21.3. The Balaban J connectivity index is 0.000000254. The molecule has 0 N–H and O–H groups in total. The van der Waals surface area contributed by atoms with Gasteiger partial charge in [0.25, 0.3) is 0 Å².